The highest BCUT2D eigenvalue weighted by Crippen LogP contribution is 2.35. The zero-order chi connectivity index (χ0) is 14.5. The van der Waals surface area contributed by atoms with Gasteiger partial charge in [-0.25, -0.2) is 0 Å². The SMILES string of the molecule is COC1CCCC(Nc2ccc(SC3CCCC3)cc2)C1. The quantitative estimate of drug-likeness (QED) is 0.818. The summed E-state index contributed by atoms with van der Waals surface area (Å²) >= 11 is 2.06. The van der Waals surface area contributed by atoms with Gasteiger partial charge in [0.25, 0.3) is 0 Å². The molecule has 3 heteroatoms. The lowest BCUT2D eigenvalue weighted by atomic mass is 9.92. The molecule has 0 heterocycles. The molecule has 21 heavy (non-hydrogen) atoms. The van der Waals surface area contributed by atoms with Gasteiger partial charge in [-0.15, -0.1) is 11.8 Å². The van der Waals surface area contributed by atoms with Gasteiger partial charge in [-0.3, -0.25) is 0 Å². The molecule has 2 atom stereocenters. The molecule has 116 valence electrons. The van der Waals surface area contributed by atoms with Gasteiger partial charge in [-0.05, 0) is 62.8 Å². The Morgan fingerprint density at radius 1 is 1.00 bits per heavy atom. The number of methoxy groups -OCH3 is 1. The Bertz CT molecular complexity index is 427. The van der Waals surface area contributed by atoms with Gasteiger partial charge < -0.3 is 10.1 Å². The van der Waals surface area contributed by atoms with E-state index in [1.165, 1.54) is 55.5 Å². The van der Waals surface area contributed by atoms with E-state index in [1.54, 1.807) is 0 Å². The molecule has 1 aromatic carbocycles. The number of hydrogen-bond acceptors (Lipinski definition) is 3. The van der Waals surface area contributed by atoms with Gasteiger partial charge >= 0.3 is 0 Å². The minimum Gasteiger partial charge on any atom is -0.382 e. The molecule has 0 saturated heterocycles. The van der Waals surface area contributed by atoms with Crippen LogP contribution < -0.4 is 5.32 Å². The fourth-order valence-electron chi connectivity index (χ4n) is 3.55. The first kappa shape index (κ1) is 15.2. The lowest BCUT2D eigenvalue weighted by Gasteiger charge is -2.29. The maximum Gasteiger partial charge on any atom is 0.0590 e. The Kier molecular flexibility index (Phi) is 5.48. The second kappa shape index (κ2) is 7.55. The molecule has 1 N–H and O–H groups in total. The van der Waals surface area contributed by atoms with Gasteiger partial charge in [-0.2, -0.15) is 0 Å². The van der Waals surface area contributed by atoms with Crippen molar-refractivity contribution in [3.8, 4) is 0 Å². The summed E-state index contributed by atoms with van der Waals surface area (Å²) in [6.45, 7) is 0. The Labute approximate surface area is 133 Å². The number of thioether (sulfide) groups is 1. The molecular formula is C18H27NOS. The predicted molar refractivity (Wildman–Crippen MR) is 91.2 cm³/mol. The molecule has 2 saturated carbocycles. The van der Waals surface area contributed by atoms with Crippen molar-refractivity contribution in [2.45, 2.75) is 73.7 Å². The van der Waals surface area contributed by atoms with Crippen molar-refractivity contribution in [2.24, 2.45) is 0 Å². The van der Waals surface area contributed by atoms with Crippen molar-refractivity contribution in [3.63, 3.8) is 0 Å². The maximum atomic E-state index is 5.51. The van der Waals surface area contributed by atoms with Gasteiger partial charge in [-0.1, -0.05) is 12.8 Å². The average molecular weight is 305 g/mol. The zero-order valence-electron chi connectivity index (χ0n) is 13.0. The van der Waals surface area contributed by atoms with E-state index in [0.717, 1.165) is 11.7 Å². The minimum atomic E-state index is 0.438. The van der Waals surface area contributed by atoms with Crippen LogP contribution in [0.25, 0.3) is 0 Å². The summed E-state index contributed by atoms with van der Waals surface area (Å²) in [6, 6.07) is 9.61. The highest BCUT2D eigenvalue weighted by atomic mass is 32.2. The molecule has 0 aromatic heterocycles. The Balaban J connectivity index is 1.51. The van der Waals surface area contributed by atoms with Crippen LogP contribution in [0, 0.1) is 0 Å². The van der Waals surface area contributed by atoms with E-state index in [4.69, 9.17) is 4.74 Å². The number of nitrogens with one attached hydrogen (secondary N) is 1. The molecule has 3 rings (SSSR count). The Morgan fingerprint density at radius 2 is 1.76 bits per heavy atom. The third-order valence-corrected chi connectivity index (χ3v) is 6.14. The number of ether oxygens (including phenoxy) is 1. The summed E-state index contributed by atoms with van der Waals surface area (Å²) < 4.78 is 5.51. The Morgan fingerprint density at radius 3 is 2.48 bits per heavy atom. The first-order valence-corrected chi connectivity index (χ1v) is 9.27. The van der Waals surface area contributed by atoms with Crippen LogP contribution >= 0.6 is 11.8 Å². The van der Waals surface area contributed by atoms with E-state index in [2.05, 4.69) is 41.3 Å². The van der Waals surface area contributed by atoms with Gasteiger partial charge in [0.1, 0.15) is 0 Å². The van der Waals surface area contributed by atoms with Crippen LogP contribution in [0.1, 0.15) is 51.4 Å². The largest absolute Gasteiger partial charge is 0.382 e. The lowest BCUT2D eigenvalue weighted by Crippen LogP contribution is -2.30. The summed E-state index contributed by atoms with van der Waals surface area (Å²) in [5.41, 5.74) is 1.26. The average Bonchev–Trinajstić information content (AvgIpc) is 3.02. The molecule has 2 unspecified atom stereocenters. The molecular weight excluding hydrogens is 278 g/mol. The molecule has 0 aliphatic heterocycles. The van der Waals surface area contributed by atoms with Crippen LogP contribution in [-0.4, -0.2) is 24.5 Å². The first-order valence-electron chi connectivity index (χ1n) is 8.39. The normalized spacial score (nSPS) is 26.9. The number of hydrogen-bond donors (Lipinski definition) is 1. The molecule has 2 aliphatic rings. The van der Waals surface area contributed by atoms with Crippen molar-refractivity contribution in [1.29, 1.82) is 0 Å². The van der Waals surface area contributed by atoms with Crippen molar-refractivity contribution in [1.82, 2.24) is 0 Å². The van der Waals surface area contributed by atoms with Crippen LogP contribution in [0.2, 0.25) is 0 Å². The predicted octanol–water partition coefficient (Wildman–Crippen LogP) is 5.09. The summed E-state index contributed by atoms with van der Waals surface area (Å²) in [7, 11) is 1.84. The van der Waals surface area contributed by atoms with Gasteiger partial charge in [0.05, 0.1) is 6.10 Å². The summed E-state index contributed by atoms with van der Waals surface area (Å²) in [6.07, 6.45) is 10.9. The molecule has 0 bridgehead atoms. The van der Waals surface area contributed by atoms with E-state index in [1.807, 2.05) is 7.11 Å². The third-order valence-electron chi connectivity index (χ3n) is 4.79. The lowest BCUT2D eigenvalue weighted by molar-refractivity contribution is 0.0669. The van der Waals surface area contributed by atoms with Crippen LogP contribution in [-0.2, 0) is 4.74 Å². The monoisotopic (exact) mass is 305 g/mol. The summed E-state index contributed by atoms with van der Waals surface area (Å²) in [5, 5.41) is 4.53. The van der Waals surface area contributed by atoms with Gasteiger partial charge in [0.15, 0.2) is 0 Å². The van der Waals surface area contributed by atoms with Crippen LogP contribution in [0.3, 0.4) is 0 Å². The van der Waals surface area contributed by atoms with E-state index in [-0.39, 0.29) is 0 Å². The molecule has 0 spiro atoms. The van der Waals surface area contributed by atoms with E-state index in [9.17, 15) is 0 Å². The molecule has 1 aromatic rings. The molecule has 0 amide bonds. The van der Waals surface area contributed by atoms with Crippen molar-refractivity contribution >= 4 is 17.4 Å². The minimum absolute atomic E-state index is 0.438. The number of benzene rings is 1. The van der Waals surface area contributed by atoms with Gasteiger partial charge in [0.2, 0.25) is 0 Å². The van der Waals surface area contributed by atoms with Crippen molar-refractivity contribution < 1.29 is 4.74 Å². The maximum absolute atomic E-state index is 5.51. The second-order valence-electron chi connectivity index (χ2n) is 6.41. The molecule has 0 radical (unpaired) electrons. The summed E-state index contributed by atoms with van der Waals surface area (Å²) in [4.78, 5) is 1.42. The summed E-state index contributed by atoms with van der Waals surface area (Å²) in [5.74, 6) is 0. The highest BCUT2D eigenvalue weighted by molar-refractivity contribution is 8.00. The fraction of sp³-hybridized carbons (Fsp3) is 0.667. The standard InChI is InChI=1S/C18H27NOS/c1-20-16-6-4-5-15(13-16)19-14-9-11-18(12-10-14)21-17-7-2-3-8-17/h9-12,15-17,19H,2-8,13H2,1H3. The van der Waals surface area contributed by atoms with E-state index < -0.39 is 0 Å². The smallest absolute Gasteiger partial charge is 0.0590 e. The number of anilines is 1. The highest BCUT2D eigenvalue weighted by Gasteiger charge is 2.21. The number of rotatable bonds is 5. The zero-order valence-corrected chi connectivity index (χ0v) is 13.8. The first-order chi connectivity index (χ1) is 10.3. The Hall–Kier alpha value is -0.670. The van der Waals surface area contributed by atoms with Gasteiger partial charge in [0, 0.05) is 29.0 Å². The third kappa shape index (κ3) is 4.40. The van der Waals surface area contributed by atoms with Crippen molar-refractivity contribution in [2.75, 3.05) is 12.4 Å². The van der Waals surface area contributed by atoms with Crippen LogP contribution in [0.5, 0.6) is 0 Å². The fourth-order valence-corrected chi connectivity index (χ4v) is 4.80. The second-order valence-corrected chi connectivity index (χ2v) is 7.79. The van der Waals surface area contributed by atoms with E-state index in [0.29, 0.717) is 12.1 Å². The molecule has 2 aliphatic carbocycles. The molecule has 2 fully saturated rings. The van der Waals surface area contributed by atoms with Crippen molar-refractivity contribution in [3.05, 3.63) is 24.3 Å². The van der Waals surface area contributed by atoms with Crippen LogP contribution in [0.15, 0.2) is 29.2 Å². The van der Waals surface area contributed by atoms with E-state index >= 15 is 0 Å². The topological polar surface area (TPSA) is 21.3 Å². The molecule has 2 nitrogen and oxygen atoms in total. The van der Waals surface area contributed by atoms with Crippen LogP contribution in [0.4, 0.5) is 5.69 Å².